The smallest absolute Gasteiger partial charge is 0.408 e. The van der Waals surface area contributed by atoms with Gasteiger partial charge in [-0.15, -0.1) is 0 Å². The molecule has 1 aromatic heterocycles. The van der Waals surface area contributed by atoms with Gasteiger partial charge in [0.2, 0.25) is 0 Å². The summed E-state index contributed by atoms with van der Waals surface area (Å²) in [5.74, 6) is -0.457. The zero-order chi connectivity index (χ0) is 18.9. The second kappa shape index (κ2) is 6.80. The van der Waals surface area contributed by atoms with Crippen molar-refractivity contribution in [3.8, 4) is 0 Å². The number of carbonyl (C=O) groups is 2. The molecular weight excluding hydrogens is 336 g/mol. The third kappa shape index (κ3) is 4.02. The molecular formula is C18H22N4O4. The highest BCUT2D eigenvalue weighted by Gasteiger charge is 2.36. The molecule has 0 spiro atoms. The van der Waals surface area contributed by atoms with Gasteiger partial charge in [0, 0.05) is 18.2 Å². The van der Waals surface area contributed by atoms with E-state index in [1.807, 2.05) is 30.3 Å². The summed E-state index contributed by atoms with van der Waals surface area (Å²) in [7, 11) is 0. The number of rotatable bonds is 3. The van der Waals surface area contributed by atoms with E-state index in [0.717, 1.165) is 5.56 Å². The molecule has 2 aromatic rings. The molecule has 0 radical (unpaired) electrons. The molecule has 0 fully saturated rings. The van der Waals surface area contributed by atoms with E-state index in [0.29, 0.717) is 17.2 Å². The van der Waals surface area contributed by atoms with Crippen molar-refractivity contribution in [1.29, 1.82) is 0 Å². The number of benzene rings is 1. The van der Waals surface area contributed by atoms with Gasteiger partial charge in [-0.05, 0) is 26.3 Å². The van der Waals surface area contributed by atoms with Crippen molar-refractivity contribution in [1.82, 2.24) is 15.1 Å². The van der Waals surface area contributed by atoms with Gasteiger partial charge >= 0.3 is 6.09 Å². The lowest BCUT2D eigenvalue weighted by molar-refractivity contribution is -0.126. The molecule has 8 nitrogen and oxygen atoms in total. The first-order chi connectivity index (χ1) is 12.2. The second-order valence-corrected chi connectivity index (χ2v) is 7.21. The van der Waals surface area contributed by atoms with Crippen LogP contribution < -0.4 is 10.4 Å². The lowest BCUT2D eigenvalue weighted by Crippen LogP contribution is -2.52. The minimum absolute atomic E-state index is 0.188. The van der Waals surface area contributed by atoms with Crippen molar-refractivity contribution < 1.29 is 19.5 Å². The topological polar surface area (TPSA) is 96.7 Å². The molecule has 0 saturated heterocycles. The molecule has 1 aliphatic heterocycles. The average molecular weight is 358 g/mol. The Labute approximate surface area is 151 Å². The lowest BCUT2D eigenvalue weighted by Gasteiger charge is -2.28. The number of anilines is 1. The quantitative estimate of drug-likeness (QED) is 0.819. The molecule has 3 rings (SSSR count). The number of amides is 2. The number of ether oxygens (including phenoxy) is 1. The van der Waals surface area contributed by atoms with Gasteiger partial charge in [-0.3, -0.25) is 14.7 Å². The number of nitrogens with zero attached hydrogens (tertiary/aromatic N) is 3. The monoisotopic (exact) mass is 358 g/mol. The van der Waals surface area contributed by atoms with Crippen LogP contribution in [0, 0.1) is 0 Å². The fraction of sp³-hybridized carbons (Fsp3) is 0.389. The summed E-state index contributed by atoms with van der Waals surface area (Å²) in [6, 6.07) is 8.82. The van der Waals surface area contributed by atoms with E-state index >= 15 is 0 Å². The standard InChI is InChI=1S/C18H22N4O4/c1-18(2,3)26-17(24)19-14-9-13-11-21(10-12-7-5-4-6-8-12)20-15(13)22(25)16(14)23/h4-8,11,14,25H,9-10H2,1-3H3,(H,19,24)/t14-/m0/s1. The Balaban J connectivity index is 1.74. The molecule has 1 aromatic carbocycles. The molecule has 0 unspecified atom stereocenters. The van der Waals surface area contributed by atoms with Gasteiger partial charge in [0.05, 0.1) is 6.54 Å². The van der Waals surface area contributed by atoms with Crippen molar-refractivity contribution >= 4 is 17.8 Å². The molecule has 2 amide bonds. The number of aromatic nitrogens is 2. The normalized spacial score (nSPS) is 17.0. The highest BCUT2D eigenvalue weighted by Crippen LogP contribution is 2.25. The molecule has 26 heavy (non-hydrogen) atoms. The molecule has 1 atom stereocenters. The Hall–Kier alpha value is -2.87. The van der Waals surface area contributed by atoms with Gasteiger partial charge in [0.15, 0.2) is 5.82 Å². The zero-order valence-electron chi connectivity index (χ0n) is 15.0. The van der Waals surface area contributed by atoms with Crippen molar-refractivity contribution in [2.24, 2.45) is 0 Å². The van der Waals surface area contributed by atoms with Crippen LogP contribution in [-0.2, 0) is 22.5 Å². The lowest BCUT2D eigenvalue weighted by atomic mass is 10.0. The molecule has 2 N–H and O–H groups in total. The average Bonchev–Trinajstić information content (AvgIpc) is 2.94. The fourth-order valence-electron chi connectivity index (χ4n) is 2.75. The van der Waals surface area contributed by atoms with Crippen molar-refractivity contribution in [2.75, 3.05) is 5.06 Å². The fourth-order valence-corrected chi connectivity index (χ4v) is 2.75. The van der Waals surface area contributed by atoms with Gasteiger partial charge in [0.1, 0.15) is 11.6 Å². The van der Waals surface area contributed by atoms with E-state index < -0.39 is 23.6 Å². The highest BCUT2D eigenvalue weighted by molar-refractivity contribution is 5.98. The molecule has 0 saturated carbocycles. The third-order valence-electron chi connectivity index (χ3n) is 3.83. The summed E-state index contributed by atoms with van der Waals surface area (Å²) in [6.45, 7) is 5.72. The minimum Gasteiger partial charge on any atom is -0.444 e. The maximum absolute atomic E-state index is 12.3. The van der Waals surface area contributed by atoms with Gasteiger partial charge in [-0.25, -0.2) is 4.79 Å². The van der Waals surface area contributed by atoms with E-state index in [1.165, 1.54) is 0 Å². The molecule has 138 valence electrons. The number of alkyl carbamates (subject to hydrolysis) is 1. The van der Waals surface area contributed by atoms with Crippen LogP contribution in [0.25, 0.3) is 0 Å². The largest absolute Gasteiger partial charge is 0.444 e. The van der Waals surface area contributed by atoms with Gasteiger partial charge in [-0.2, -0.15) is 10.2 Å². The number of nitrogens with one attached hydrogen (secondary N) is 1. The van der Waals surface area contributed by atoms with Crippen LogP contribution in [0.4, 0.5) is 10.6 Å². The maximum atomic E-state index is 12.3. The van der Waals surface area contributed by atoms with E-state index in [1.54, 1.807) is 31.6 Å². The van der Waals surface area contributed by atoms with Crippen LogP contribution in [-0.4, -0.2) is 38.6 Å². The van der Waals surface area contributed by atoms with Gasteiger partial charge < -0.3 is 10.1 Å². The van der Waals surface area contributed by atoms with E-state index in [4.69, 9.17) is 4.74 Å². The number of carbonyl (C=O) groups excluding carboxylic acids is 2. The van der Waals surface area contributed by atoms with Gasteiger partial charge in [-0.1, -0.05) is 30.3 Å². The zero-order valence-corrected chi connectivity index (χ0v) is 15.0. The summed E-state index contributed by atoms with van der Waals surface area (Å²) >= 11 is 0. The molecule has 0 aliphatic carbocycles. The van der Waals surface area contributed by atoms with Crippen molar-refractivity contribution in [2.45, 2.75) is 45.4 Å². The number of fused-ring (bicyclic) bond motifs is 1. The summed E-state index contributed by atoms with van der Waals surface area (Å²) in [6.07, 6.45) is 1.30. The van der Waals surface area contributed by atoms with Crippen molar-refractivity contribution in [3.63, 3.8) is 0 Å². The summed E-state index contributed by atoms with van der Waals surface area (Å²) < 4.78 is 6.83. The van der Waals surface area contributed by atoms with Crippen LogP contribution in [0.3, 0.4) is 0 Å². The number of hydrogen-bond donors (Lipinski definition) is 2. The minimum atomic E-state index is -0.906. The maximum Gasteiger partial charge on any atom is 0.408 e. The first kappa shape index (κ1) is 17.9. The van der Waals surface area contributed by atoms with Crippen LogP contribution >= 0.6 is 0 Å². The first-order valence-corrected chi connectivity index (χ1v) is 8.35. The highest BCUT2D eigenvalue weighted by atomic mass is 16.6. The molecule has 2 heterocycles. The third-order valence-corrected chi connectivity index (χ3v) is 3.83. The second-order valence-electron chi connectivity index (χ2n) is 7.21. The van der Waals surface area contributed by atoms with E-state index in [2.05, 4.69) is 10.4 Å². The Morgan fingerprint density at radius 3 is 2.69 bits per heavy atom. The summed E-state index contributed by atoms with van der Waals surface area (Å²) in [5.41, 5.74) is 1.04. The predicted molar refractivity (Wildman–Crippen MR) is 93.9 cm³/mol. The number of hydroxylamine groups is 1. The predicted octanol–water partition coefficient (Wildman–Crippen LogP) is 2.10. The van der Waals surface area contributed by atoms with Crippen LogP contribution in [0.5, 0.6) is 0 Å². The Morgan fingerprint density at radius 2 is 2.04 bits per heavy atom. The Bertz CT molecular complexity index is 810. The van der Waals surface area contributed by atoms with E-state index in [9.17, 15) is 14.8 Å². The Morgan fingerprint density at radius 1 is 1.35 bits per heavy atom. The summed E-state index contributed by atoms with van der Waals surface area (Å²) in [4.78, 5) is 24.2. The molecule has 8 heteroatoms. The van der Waals surface area contributed by atoms with Crippen LogP contribution in [0.2, 0.25) is 0 Å². The Kier molecular flexibility index (Phi) is 4.69. The van der Waals surface area contributed by atoms with E-state index in [-0.39, 0.29) is 12.2 Å². The first-order valence-electron chi connectivity index (χ1n) is 8.35. The van der Waals surface area contributed by atoms with Crippen molar-refractivity contribution in [3.05, 3.63) is 47.7 Å². The van der Waals surface area contributed by atoms with Crippen LogP contribution in [0.15, 0.2) is 36.5 Å². The SMILES string of the molecule is CC(C)(C)OC(=O)N[C@H]1Cc2cn(Cc3ccccc3)nc2N(O)C1=O. The van der Waals surface area contributed by atoms with Gasteiger partial charge in [0.25, 0.3) is 5.91 Å². The number of hydrogen-bond acceptors (Lipinski definition) is 5. The summed E-state index contributed by atoms with van der Waals surface area (Å²) in [5, 5.41) is 17.4. The molecule has 0 bridgehead atoms. The molecule has 1 aliphatic rings. The van der Waals surface area contributed by atoms with Crippen LogP contribution in [0.1, 0.15) is 31.9 Å².